The number of morpholine rings is 1. The number of hydrogen-bond donors (Lipinski definition) is 0. The van der Waals surface area contributed by atoms with Crippen LogP contribution in [0.4, 0.5) is 5.82 Å². The Labute approximate surface area is 132 Å². The van der Waals surface area contributed by atoms with Crippen molar-refractivity contribution in [3.05, 3.63) is 58.2 Å². The molecule has 2 aromatic rings. The van der Waals surface area contributed by atoms with E-state index in [1.165, 1.54) is 0 Å². The van der Waals surface area contributed by atoms with Crippen molar-refractivity contribution in [3.63, 3.8) is 0 Å². The fraction of sp³-hybridized carbons (Fsp3) is 0.250. The summed E-state index contributed by atoms with van der Waals surface area (Å²) in [6.45, 7) is 2.08. The van der Waals surface area contributed by atoms with Crippen LogP contribution in [-0.2, 0) is 4.74 Å². The van der Waals surface area contributed by atoms with Gasteiger partial charge in [-0.3, -0.25) is 0 Å². The summed E-state index contributed by atoms with van der Waals surface area (Å²) in [6, 6.07) is 13.9. The molecule has 106 valence electrons. The average molecular weight is 344 g/mol. The molecular weight excluding hydrogens is 330 g/mol. The van der Waals surface area contributed by atoms with Gasteiger partial charge in [-0.2, -0.15) is 5.26 Å². The number of nitriles is 1. The Morgan fingerprint density at radius 2 is 2.10 bits per heavy atom. The molecule has 0 amide bonds. The third-order valence-electron chi connectivity index (χ3n) is 3.51. The van der Waals surface area contributed by atoms with E-state index in [1.807, 2.05) is 12.1 Å². The molecule has 0 radical (unpaired) electrons. The molecule has 1 aromatic carbocycles. The van der Waals surface area contributed by atoms with Gasteiger partial charge in [-0.25, -0.2) is 4.98 Å². The molecule has 0 saturated carbocycles. The van der Waals surface area contributed by atoms with Gasteiger partial charge < -0.3 is 9.64 Å². The molecule has 0 spiro atoms. The maximum absolute atomic E-state index is 9.21. The normalized spacial score (nSPS) is 18.3. The molecule has 3 rings (SSSR count). The first-order valence-corrected chi connectivity index (χ1v) is 7.54. The van der Waals surface area contributed by atoms with Crippen molar-refractivity contribution in [1.82, 2.24) is 4.98 Å². The van der Waals surface area contributed by atoms with E-state index >= 15 is 0 Å². The number of benzene rings is 1. The standard InChI is InChI=1S/C16H14BrN3O/c17-14-5-3-12(4-6-14)15-11-20(8-9-21-15)16-13(10-18)2-1-7-19-16/h1-7,15H,8-9,11H2/t15-/m1/s1. The number of aromatic nitrogens is 1. The lowest BCUT2D eigenvalue weighted by atomic mass is 10.1. The number of anilines is 1. The lowest BCUT2D eigenvalue weighted by Gasteiger charge is -2.34. The van der Waals surface area contributed by atoms with Crippen LogP contribution in [0.25, 0.3) is 0 Å². The Morgan fingerprint density at radius 3 is 2.86 bits per heavy atom. The van der Waals surface area contributed by atoms with Gasteiger partial charge in [-0.1, -0.05) is 28.1 Å². The molecule has 21 heavy (non-hydrogen) atoms. The largest absolute Gasteiger partial charge is 0.370 e. The predicted octanol–water partition coefficient (Wildman–Crippen LogP) is 3.29. The van der Waals surface area contributed by atoms with Gasteiger partial charge in [-0.15, -0.1) is 0 Å². The lowest BCUT2D eigenvalue weighted by Crippen LogP contribution is -2.39. The van der Waals surface area contributed by atoms with Gasteiger partial charge in [-0.05, 0) is 29.8 Å². The van der Waals surface area contributed by atoms with Gasteiger partial charge in [0.05, 0.1) is 12.2 Å². The van der Waals surface area contributed by atoms with Crippen LogP contribution in [0.1, 0.15) is 17.2 Å². The van der Waals surface area contributed by atoms with Crippen LogP contribution in [0.5, 0.6) is 0 Å². The summed E-state index contributed by atoms with van der Waals surface area (Å²) in [5.74, 6) is 0.741. The monoisotopic (exact) mass is 343 g/mol. The number of hydrogen-bond acceptors (Lipinski definition) is 4. The molecule has 4 nitrogen and oxygen atoms in total. The van der Waals surface area contributed by atoms with Crippen LogP contribution in [0.2, 0.25) is 0 Å². The van der Waals surface area contributed by atoms with E-state index in [0.717, 1.165) is 22.4 Å². The van der Waals surface area contributed by atoms with E-state index in [1.54, 1.807) is 18.3 Å². The van der Waals surface area contributed by atoms with Gasteiger partial charge in [0.1, 0.15) is 18.0 Å². The Hall–Kier alpha value is -1.90. The zero-order valence-corrected chi connectivity index (χ0v) is 13.0. The Balaban J connectivity index is 1.83. The van der Waals surface area contributed by atoms with Crippen molar-refractivity contribution in [2.24, 2.45) is 0 Å². The van der Waals surface area contributed by atoms with E-state index in [-0.39, 0.29) is 6.10 Å². The summed E-state index contributed by atoms with van der Waals surface area (Å²) in [5, 5.41) is 9.21. The third kappa shape index (κ3) is 3.07. The number of halogens is 1. The van der Waals surface area contributed by atoms with Crippen molar-refractivity contribution in [2.75, 3.05) is 24.6 Å². The molecule has 1 atom stereocenters. The Morgan fingerprint density at radius 1 is 1.29 bits per heavy atom. The molecule has 0 bridgehead atoms. The third-order valence-corrected chi connectivity index (χ3v) is 4.04. The highest BCUT2D eigenvalue weighted by atomic mass is 79.9. The number of pyridine rings is 1. The van der Waals surface area contributed by atoms with Gasteiger partial charge in [0.15, 0.2) is 0 Å². The van der Waals surface area contributed by atoms with Crippen molar-refractivity contribution in [1.29, 1.82) is 5.26 Å². The van der Waals surface area contributed by atoms with Crippen LogP contribution in [-0.4, -0.2) is 24.7 Å². The van der Waals surface area contributed by atoms with E-state index in [9.17, 15) is 5.26 Å². The molecule has 1 aliphatic rings. The molecule has 1 saturated heterocycles. The second kappa shape index (κ2) is 6.25. The summed E-state index contributed by atoms with van der Waals surface area (Å²) < 4.78 is 6.91. The van der Waals surface area contributed by atoms with Gasteiger partial charge in [0, 0.05) is 23.8 Å². The fourth-order valence-electron chi connectivity index (χ4n) is 2.46. The predicted molar refractivity (Wildman–Crippen MR) is 84.0 cm³/mol. The first-order chi connectivity index (χ1) is 10.3. The highest BCUT2D eigenvalue weighted by Gasteiger charge is 2.24. The molecule has 0 N–H and O–H groups in total. The topological polar surface area (TPSA) is 49.2 Å². The number of rotatable bonds is 2. The summed E-state index contributed by atoms with van der Waals surface area (Å²) >= 11 is 3.44. The van der Waals surface area contributed by atoms with Crippen LogP contribution in [0, 0.1) is 11.3 Å². The highest BCUT2D eigenvalue weighted by molar-refractivity contribution is 9.10. The molecule has 2 heterocycles. The van der Waals surface area contributed by atoms with Crippen LogP contribution >= 0.6 is 15.9 Å². The molecular formula is C16H14BrN3O. The van der Waals surface area contributed by atoms with E-state index in [0.29, 0.717) is 18.7 Å². The minimum atomic E-state index is 0.000369. The maximum Gasteiger partial charge on any atom is 0.146 e. The van der Waals surface area contributed by atoms with Crippen LogP contribution < -0.4 is 4.90 Å². The van der Waals surface area contributed by atoms with Crippen LogP contribution in [0.3, 0.4) is 0 Å². The highest BCUT2D eigenvalue weighted by Crippen LogP contribution is 2.27. The zero-order valence-electron chi connectivity index (χ0n) is 11.4. The van der Waals surface area contributed by atoms with Crippen LogP contribution in [0.15, 0.2) is 47.1 Å². The molecule has 1 fully saturated rings. The van der Waals surface area contributed by atoms with Gasteiger partial charge in [0.25, 0.3) is 0 Å². The fourth-order valence-corrected chi connectivity index (χ4v) is 2.72. The average Bonchev–Trinajstić information content (AvgIpc) is 2.55. The van der Waals surface area contributed by atoms with Crippen molar-refractivity contribution in [3.8, 4) is 6.07 Å². The first-order valence-electron chi connectivity index (χ1n) is 6.75. The molecule has 1 aliphatic heterocycles. The summed E-state index contributed by atoms with van der Waals surface area (Å²) in [4.78, 5) is 6.48. The van der Waals surface area contributed by atoms with Gasteiger partial charge >= 0.3 is 0 Å². The molecule has 5 heteroatoms. The Bertz CT molecular complexity index is 666. The smallest absolute Gasteiger partial charge is 0.146 e. The van der Waals surface area contributed by atoms with Crippen molar-refractivity contribution < 1.29 is 4.74 Å². The van der Waals surface area contributed by atoms with E-state index < -0.39 is 0 Å². The number of ether oxygens (including phenoxy) is 1. The quantitative estimate of drug-likeness (QED) is 0.839. The Kier molecular flexibility index (Phi) is 4.18. The van der Waals surface area contributed by atoms with E-state index in [2.05, 4.69) is 44.0 Å². The van der Waals surface area contributed by atoms with Crippen molar-refractivity contribution >= 4 is 21.7 Å². The lowest BCUT2D eigenvalue weighted by molar-refractivity contribution is 0.0395. The SMILES string of the molecule is N#Cc1cccnc1N1CCO[C@@H](c2ccc(Br)cc2)C1. The first kappa shape index (κ1) is 14.1. The molecule has 0 unspecified atom stereocenters. The second-order valence-corrected chi connectivity index (χ2v) is 5.76. The summed E-state index contributed by atoms with van der Waals surface area (Å²) in [5.41, 5.74) is 1.74. The second-order valence-electron chi connectivity index (χ2n) is 4.84. The molecule has 1 aromatic heterocycles. The maximum atomic E-state index is 9.21. The van der Waals surface area contributed by atoms with Crippen molar-refractivity contribution in [2.45, 2.75) is 6.10 Å². The molecule has 0 aliphatic carbocycles. The summed E-state index contributed by atoms with van der Waals surface area (Å²) in [7, 11) is 0. The van der Waals surface area contributed by atoms with Gasteiger partial charge in [0.2, 0.25) is 0 Å². The number of nitrogens with zero attached hydrogens (tertiary/aromatic N) is 3. The summed E-state index contributed by atoms with van der Waals surface area (Å²) in [6.07, 6.45) is 1.72. The minimum Gasteiger partial charge on any atom is -0.370 e. The zero-order chi connectivity index (χ0) is 14.7. The van der Waals surface area contributed by atoms with E-state index in [4.69, 9.17) is 4.74 Å². The minimum absolute atomic E-state index is 0.000369.